The Hall–Kier alpha value is -1.58. The van der Waals surface area contributed by atoms with Crippen molar-refractivity contribution in [3.05, 3.63) is 24.8 Å². The molecule has 0 saturated heterocycles. The van der Waals surface area contributed by atoms with E-state index in [1.165, 1.54) is 122 Å². The van der Waals surface area contributed by atoms with Crippen LogP contribution in [0.4, 0.5) is 0 Å². The van der Waals surface area contributed by atoms with E-state index in [1.807, 2.05) is 0 Å². The Labute approximate surface area is 223 Å². The van der Waals surface area contributed by atoms with Crippen molar-refractivity contribution < 1.29 is 19.4 Å². The molecule has 0 spiro atoms. The van der Waals surface area contributed by atoms with Gasteiger partial charge >= 0.3 is 11.9 Å². The lowest BCUT2D eigenvalue weighted by Gasteiger charge is -2.11. The fourth-order valence-corrected chi connectivity index (χ4v) is 4.60. The zero-order valence-electron chi connectivity index (χ0n) is 23.7. The van der Waals surface area contributed by atoms with Crippen molar-refractivity contribution in [1.29, 1.82) is 0 Å². The summed E-state index contributed by atoms with van der Waals surface area (Å²) in [6.07, 6.45) is 34.1. The van der Waals surface area contributed by atoms with Gasteiger partial charge in [-0.2, -0.15) is 0 Å². The summed E-state index contributed by atoms with van der Waals surface area (Å²) in [4.78, 5) is 22.9. The van der Waals surface area contributed by atoms with Crippen LogP contribution in [0.1, 0.15) is 155 Å². The lowest BCUT2D eigenvalue weighted by atomic mass is 9.97. The van der Waals surface area contributed by atoms with Gasteiger partial charge in [0, 0.05) is 0 Å². The maximum atomic E-state index is 11.6. The highest BCUT2D eigenvalue weighted by molar-refractivity contribution is 5.78. The Morgan fingerprint density at radius 2 is 1.11 bits per heavy atom. The van der Waals surface area contributed by atoms with Crippen LogP contribution in [0.25, 0.3) is 0 Å². The Bertz CT molecular complexity index is 540. The summed E-state index contributed by atoms with van der Waals surface area (Å²) in [5.74, 6) is -1.98. The van der Waals surface area contributed by atoms with Crippen molar-refractivity contribution >= 4 is 11.9 Å². The van der Waals surface area contributed by atoms with Crippen molar-refractivity contribution in [2.45, 2.75) is 155 Å². The molecule has 4 nitrogen and oxygen atoms in total. The van der Waals surface area contributed by atoms with Gasteiger partial charge in [0.1, 0.15) is 6.61 Å². The first-order valence-electron chi connectivity index (χ1n) is 15.3. The van der Waals surface area contributed by atoms with Crippen LogP contribution in [0.15, 0.2) is 24.8 Å². The van der Waals surface area contributed by atoms with Crippen LogP contribution < -0.4 is 0 Å². The molecule has 0 amide bonds. The van der Waals surface area contributed by atoms with Crippen molar-refractivity contribution in [3.63, 3.8) is 0 Å². The number of hydrogen-bond donors (Lipinski definition) is 1. The quantitative estimate of drug-likeness (QED) is 0.0651. The van der Waals surface area contributed by atoms with Crippen molar-refractivity contribution in [1.82, 2.24) is 0 Å². The lowest BCUT2D eigenvalue weighted by Crippen LogP contribution is -2.19. The highest BCUT2D eigenvalue weighted by Crippen LogP contribution is 2.18. The number of carbonyl (C=O) groups excluding carboxylic acids is 1. The Kier molecular flexibility index (Phi) is 26.8. The number of unbranched alkanes of at least 4 members (excludes halogenated alkanes) is 19. The van der Waals surface area contributed by atoms with Gasteiger partial charge in [-0.05, 0) is 32.1 Å². The van der Waals surface area contributed by atoms with Crippen LogP contribution in [0.5, 0.6) is 0 Å². The van der Waals surface area contributed by atoms with Crippen LogP contribution in [-0.4, -0.2) is 23.7 Å². The summed E-state index contributed by atoms with van der Waals surface area (Å²) in [6, 6.07) is 0. The van der Waals surface area contributed by atoms with Crippen LogP contribution in [-0.2, 0) is 14.3 Å². The largest absolute Gasteiger partial charge is 0.481 e. The van der Waals surface area contributed by atoms with E-state index in [1.54, 1.807) is 0 Å². The molecule has 0 rings (SSSR count). The van der Waals surface area contributed by atoms with Gasteiger partial charge in [-0.15, -0.1) is 0 Å². The fraction of sp³-hybridized carbons (Fsp3) is 0.812. The number of esters is 1. The highest BCUT2D eigenvalue weighted by Gasteiger charge is 2.21. The smallest absolute Gasteiger partial charge is 0.307 e. The van der Waals surface area contributed by atoms with Crippen molar-refractivity contribution in [2.24, 2.45) is 5.92 Å². The summed E-state index contributed by atoms with van der Waals surface area (Å²) in [6.45, 7) is 5.90. The SMILES string of the molecule is C=CCOC(=O)CC(CCCCCCCCCCCCCCCCC/C=C/CCCCCC)C(=O)O. The molecule has 1 N–H and O–H groups in total. The van der Waals surface area contributed by atoms with Gasteiger partial charge in [0.2, 0.25) is 0 Å². The molecule has 210 valence electrons. The first kappa shape index (κ1) is 34.4. The molecule has 0 heterocycles. The van der Waals surface area contributed by atoms with E-state index in [9.17, 15) is 14.7 Å². The van der Waals surface area contributed by atoms with Crippen LogP contribution in [0.2, 0.25) is 0 Å². The normalized spacial score (nSPS) is 12.1. The van der Waals surface area contributed by atoms with E-state index in [4.69, 9.17) is 4.74 Å². The second kappa shape index (κ2) is 28.0. The van der Waals surface area contributed by atoms with Gasteiger partial charge in [0.25, 0.3) is 0 Å². The van der Waals surface area contributed by atoms with Gasteiger partial charge < -0.3 is 9.84 Å². The summed E-state index contributed by atoms with van der Waals surface area (Å²) in [5.41, 5.74) is 0. The van der Waals surface area contributed by atoms with E-state index in [0.717, 1.165) is 19.3 Å². The average Bonchev–Trinajstić information content (AvgIpc) is 2.87. The maximum absolute atomic E-state index is 11.6. The minimum atomic E-state index is -0.901. The van der Waals surface area contributed by atoms with Crippen LogP contribution in [0, 0.1) is 5.92 Å². The maximum Gasteiger partial charge on any atom is 0.307 e. The summed E-state index contributed by atoms with van der Waals surface area (Å²) < 4.78 is 4.90. The van der Waals surface area contributed by atoms with Crippen molar-refractivity contribution in [2.75, 3.05) is 6.61 Å². The first-order chi connectivity index (χ1) is 17.6. The molecule has 0 fully saturated rings. The standard InChI is InChI=1S/C32H58O4/c1-3-5-6-7-8-9-10-11-12-13-14-15-16-17-18-19-20-21-22-23-24-25-26-27-30(32(34)35)29-31(33)36-28-4-2/h4,9-10,30H,2-3,5-8,11-29H2,1H3,(H,34,35)/b10-9+. The topological polar surface area (TPSA) is 63.6 Å². The fourth-order valence-electron chi connectivity index (χ4n) is 4.60. The number of ether oxygens (including phenoxy) is 1. The van der Waals surface area contributed by atoms with Crippen LogP contribution in [0.3, 0.4) is 0 Å². The number of aliphatic carboxylic acids is 1. The number of rotatable bonds is 28. The van der Waals surface area contributed by atoms with E-state index in [2.05, 4.69) is 25.7 Å². The second-order valence-corrected chi connectivity index (χ2v) is 10.4. The predicted octanol–water partition coefficient (Wildman–Crippen LogP) is 9.96. The Morgan fingerprint density at radius 3 is 1.53 bits per heavy atom. The monoisotopic (exact) mass is 506 g/mol. The zero-order chi connectivity index (χ0) is 26.5. The highest BCUT2D eigenvalue weighted by atomic mass is 16.5. The zero-order valence-corrected chi connectivity index (χ0v) is 23.7. The molecule has 4 heteroatoms. The minimum absolute atomic E-state index is 0.0416. The first-order valence-corrected chi connectivity index (χ1v) is 15.3. The van der Waals surface area contributed by atoms with Gasteiger partial charge in [-0.1, -0.05) is 141 Å². The van der Waals surface area contributed by atoms with Crippen LogP contribution >= 0.6 is 0 Å². The van der Waals surface area contributed by atoms with Gasteiger partial charge in [0.15, 0.2) is 0 Å². The molecule has 0 radical (unpaired) electrons. The molecule has 1 unspecified atom stereocenters. The molecule has 0 aromatic rings. The summed E-state index contributed by atoms with van der Waals surface area (Å²) in [5, 5.41) is 9.29. The molecular formula is C32H58O4. The molecule has 0 aliphatic heterocycles. The van der Waals surface area contributed by atoms with Gasteiger partial charge in [-0.25, -0.2) is 0 Å². The summed E-state index contributed by atoms with van der Waals surface area (Å²) in [7, 11) is 0. The van der Waals surface area contributed by atoms with E-state index >= 15 is 0 Å². The lowest BCUT2D eigenvalue weighted by molar-refractivity contribution is -0.151. The number of carboxylic acids is 1. The number of allylic oxidation sites excluding steroid dienone is 2. The van der Waals surface area contributed by atoms with Gasteiger partial charge in [-0.3, -0.25) is 9.59 Å². The van der Waals surface area contributed by atoms with E-state index in [-0.39, 0.29) is 13.0 Å². The molecule has 0 aliphatic rings. The average molecular weight is 507 g/mol. The molecule has 0 aromatic heterocycles. The minimum Gasteiger partial charge on any atom is -0.481 e. The third-order valence-corrected chi connectivity index (χ3v) is 6.94. The number of carboxylic acid groups (broad SMARTS) is 1. The summed E-state index contributed by atoms with van der Waals surface area (Å²) >= 11 is 0. The van der Waals surface area contributed by atoms with E-state index in [0.29, 0.717) is 6.42 Å². The number of carbonyl (C=O) groups is 2. The molecule has 1 atom stereocenters. The Morgan fingerprint density at radius 1 is 0.694 bits per heavy atom. The molecule has 36 heavy (non-hydrogen) atoms. The number of hydrogen-bond acceptors (Lipinski definition) is 3. The van der Waals surface area contributed by atoms with E-state index < -0.39 is 17.9 Å². The second-order valence-electron chi connectivity index (χ2n) is 10.4. The molecule has 0 saturated carbocycles. The third-order valence-electron chi connectivity index (χ3n) is 6.94. The Balaban J connectivity index is 3.35. The molecular weight excluding hydrogens is 448 g/mol. The molecule has 0 aliphatic carbocycles. The molecule has 0 aromatic carbocycles. The molecule has 0 bridgehead atoms. The van der Waals surface area contributed by atoms with Crippen molar-refractivity contribution in [3.8, 4) is 0 Å². The predicted molar refractivity (Wildman–Crippen MR) is 153 cm³/mol. The third kappa shape index (κ3) is 25.5. The van der Waals surface area contributed by atoms with Gasteiger partial charge in [0.05, 0.1) is 12.3 Å².